The third-order valence-electron chi connectivity index (χ3n) is 3.70. The third kappa shape index (κ3) is 4.89. The lowest BCUT2D eigenvalue weighted by atomic mass is 10.1. The average molecular weight is 412 g/mol. The second kappa shape index (κ2) is 8.88. The molecule has 2 rings (SSSR count). The van der Waals surface area contributed by atoms with E-state index in [-0.39, 0.29) is 11.3 Å². The summed E-state index contributed by atoms with van der Waals surface area (Å²) in [7, 11) is 0.869. The van der Waals surface area contributed by atoms with Crippen molar-refractivity contribution >= 4 is 20.0 Å². The predicted molar refractivity (Wildman–Crippen MR) is 102 cm³/mol. The van der Waals surface area contributed by atoms with Gasteiger partial charge < -0.3 is 28.6 Å². The van der Waals surface area contributed by atoms with Crippen molar-refractivity contribution in [2.24, 2.45) is 0 Å². The third-order valence-corrected chi connectivity index (χ3v) is 4.12. The van der Waals surface area contributed by atoms with Gasteiger partial charge in [-0.3, -0.25) is 9.79 Å². The molecule has 0 aromatic heterocycles. The number of phenols is 1. The van der Waals surface area contributed by atoms with Crippen LogP contribution < -0.4 is 23.5 Å². The molecule has 0 bridgehead atoms. The van der Waals surface area contributed by atoms with Crippen molar-refractivity contribution in [1.82, 2.24) is 0 Å². The first-order chi connectivity index (χ1) is 13.2. The van der Waals surface area contributed by atoms with Gasteiger partial charge in [0.05, 0.1) is 28.4 Å². The van der Waals surface area contributed by atoms with E-state index >= 15 is 0 Å². The number of aromatic hydroxyl groups is 1. The molecule has 0 saturated carbocycles. The quantitative estimate of drug-likeness (QED) is 0.443. The number of phosphoric acid groups is 1. The average Bonchev–Trinajstić information content (AvgIpc) is 2.66. The van der Waals surface area contributed by atoms with Crippen LogP contribution in [0.5, 0.6) is 34.5 Å². The molecule has 0 aliphatic carbocycles. The molecule has 152 valence electrons. The molecule has 0 spiro atoms. The van der Waals surface area contributed by atoms with Crippen LogP contribution in [0.2, 0.25) is 0 Å². The summed E-state index contributed by atoms with van der Waals surface area (Å²) in [6.07, 6.45) is 3.18. The minimum atomic E-state index is -4.89. The highest BCUT2D eigenvalue weighted by molar-refractivity contribution is 7.46. The normalized spacial score (nSPS) is 11.4. The summed E-state index contributed by atoms with van der Waals surface area (Å²) in [6, 6.07) is 6.33. The summed E-state index contributed by atoms with van der Waals surface area (Å²) in [4.78, 5) is 18.1. The Morgan fingerprint density at radius 2 is 1.39 bits per heavy atom. The second-order valence-corrected chi connectivity index (χ2v) is 6.57. The highest BCUT2D eigenvalue weighted by Gasteiger charge is 2.23. The topological polar surface area (TPSA) is 124 Å². The Morgan fingerprint density at radius 3 is 1.86 bits per heavy atom. The Bertz CT molecular complexity index is 893. The zero-order chi connectivity index (χ0) is 20.9. The summed E-state index contributed by atoms with van der Waals surface area (Å²) >= 11 is 0. The van der Waals surface area contributed by atoms with Crippen LogP contribution in [0.3, 0.4) is 0 Å². The lowest BCUT2D eigenvalue weighted by Gasteiger charge is -2.14. The number of methoxy groups -OCH3 is 4. The monoisotopic (exact) mass is 412 g/mol. The maximum absolute atomic E-state index is 11.2. The lowest BCUT2D eigenvalue weighted by Crippen LogP contribution is -1.96. The smallest absolute Gasteiger partial charge is 0.504 e. The minimum absolute atomic E-state index is 0.0224. The Kier molecular flexibility index (Phi) is 6.80. The van der Waals surface area contributed by atoms with Gasteiger partial charge in [0.1, 0.15) is 0 Å². The van der Waals surface area contributed by atoms with E-state index in [2.05, 4.69) is 4.52 Å². The van der Waals surface area contributed by atoms with Crippen LogP contribution in [0.4, 0.5) is 0 Å². The van der Waals surface area contributed by atoms with Gasteiger partial charge >= 0.3 is 7.82 Å². The van der Waals surface area contributed by atoms with Crippen molar-refractivity contribution in [2.75, 3.05) is 28.4 Å². The molecule has 0 aliphatic heterocycles. The number of rotatable bonds is 8. The fourth-order valence-corrected chi connectivity index (χ4v) is 2.87. The number of hydrogen-bond donors (Lipinski definition) is 3. The molecule has 10 heteroatoms. The molecule has 2 aromatic carbocycles. The maximum Gasteiger partial charge on any atom is 0.525 e. The SMILES string of the molecule is COc1cc(/C=C\c2ccc(OC)c(OP(=O)(O)O)c2O)cc(OC)c1OC. The number of phenolic OH excluding ortho intramolecular Hbond substituents is 1. The van der Waals surface area contributed by atoms with Crippen LogP contribution in [0, 0.1) is 0 Å². The van der Waals surface area contributed by atoms with Gasteiger partial charge in [0.25, 0.3) is 0 Å². The Labute approximate surface area is 161 Å². The molecule has 0 aliphatic rings. The summed E-state index contributed by atoms with van der Waals surface area (Å²) in [6.45, 7) is 0. The number of ether oxygens (including phenoxy) is 4. The molecular weight excluding hydrogens is 391 g/mol. The molecule has 0 fully saturated rings. The number of hydrogen-bond acceptors (Lipinski definition) is 7. The molecule has 9 nitrogen and oxygen atoms in total. The van der Waals surface area contributed by atoms with Gasteiger partial charge in [0, 0.05) is 5.56 Å². The van der Waals surface area contributed by atoms with E-state index < -0.39 is 19.3 Å². The van der Waals surface area contributed by atoms with Crippen molar-refractivity contribution in [2.45, 2.75) is 0 Å². The molecule has 0 amide bonds. The molecule has 0 saturated heterocycles. The van der Waals surface area contributed by atoms with Crippen molar-refractivity contribution < 1.29 is 42.9 Å². The van der Waals surface area contributed by atoms with E-state index in [1.807, 2.05) is 0 Å². The fraction of sp³-hybridized carbons (Fsp3) is 0.222. The van der Waals surface area contributed by atoms with Gasteiger partial charge in [-0.15, -0.1) is 0 Å². The summed E-state index contributed by atoms with van der Waals surface area (Å²) in [5.41, 5.74) is 0.917. The summed E-state index contributed by atoms with van der Waals surface area (Å²) in [5.74, 6) is 0.378. The van der Waals surface area contributed by atoms with Crippen LogP contribution in [0.1, 0.15) is 11.1 Å². The molecule has 0 heterocycles. The largest absolute Gasteiger partial charge is 0.525 e. The van der Waals surface area contributed by atoms with Crippen molar-refractivity contribution in [3.8, 4) is 34.5 Å². The van der Waals surface area contributed by atoms with Crippen LogP contribution in [-0.2, 0) is 4.57 Å². The molecular formula is C18H21O9P. The molecule has 28 heavy (non-hydrogen) atoms. The Hall–Kier alpha value is -2.87. The number of phosphoric ester groups is 1. The summed E-state index contributed by atoms with van der Waals surface area (Å²) in [5, 5.41) is 10.4. The van der Waals surface area contributed by atoms with Gasteiger partial charge in [-0.2, -0.15) is 0 Å². The van der Waals surface area contributed by atoms with Gasteiger partial charge in [0.2, 0.25) is 11.5 Å². The standard InChI is InChI=1S/C18H21O9P/c1-23-13-8-7-12(16(19)18(13)27-28(20,21)22)6-5-11-9-14(24-2)17(26-4)15(10-11)25-3/h5-10,19H,1-4H3,(H2,20,21,22)/b6-5-. The van der Waals surface area contributed by atoms with Gasteiger partial charge in [0.15, 0.2) is 23.0 Å². The van der Waals surface area contributed by atoms with E-state index in [1.165, 1.54) is 46.6 Å². The highest BCUT2D eigenvalue weighted by Crippen LogP contribution is 2.48. The van der Waals surface area contributed by atoms with E-state index in [0.29, 0.717) is 22.8 Å². The van der Waals surface area contributed by atoms with Crippen molar-refractivity contribution in [3.63, 3.8) is 0 Å². The van der Waals surface area contributed by atoms with Gasteiger partial charge in [-0.25, -0.2) is 4.57 Å². The fourth-order valence-electron chi connectivity index (χ4n) is 2.45. The second-order valence-electron chi connectivity index (χ2n) is 5.41. The van der Waals surface area contributed by atoms with E-state index in [1.54, 1.807) is 18.2 Å². The maximum atomic E-state index is 11.2. The van der Waals surface area contributed by atoms with Crippen LogP contribution in [0.15, 0.2) is 24.3 Å². The van der Waals surface area contributed by atoms with Crippen molar-refractivity contribution in [3.05, 3.63) is 35.4 Å². The zero-order valence-electron chi connectivity index (χ0n) is 15.7. The van der Waals surface area contributed by atoms with Gasteiger partial charge in [-0.05, 0) is 29.8 Å². The van der Waals surface area contributed by atoms with Crippen molar-refractivity contribution in [1.29, 1.82) is 0 Å². The zero-order valence-corrected chi connectivity index (χ0v) is 16.6. The Morgan fingerprint density at radius 1 is 0.821 bits per heavy atom. The Balaban J connectivity index is 2.47. The lowest BCUT2D eigenvalue weighted by molar-refractivity contribution is 0.270. The summed E-state index contributed by atoms with van der Waals surface area (Å²) < 4.78 is 36.5. The molecule has 0 unspecified atom stereocenters. The molecule has 0 radical (unpaired) electrons. The first-order valence-corrected chi connectivity index (χ1v) is 9.40. The predicted octanol–water partition coefficient (Wildman–Crippen LogP) is 3.07. The van der Waals surface area contributed by atoms with Gasteiger partial charge in [-0.1, -0.05) is 12.2 Å². The first kappa shape index (κ1) is 21.4. The first-order valence-electron chi connectivity index (χ1n) is 7.87. The molecule has 2 aromatic rings. The van der Waals surface area contributed by atoms with Crippen LogP contribution >= 0.6 is 7.82 Å². The highest BCUT2D eigenvalue weighted by atomic mass is 31.2. The van der Waals surface area contributed by atoms with E-state index in [4.69, 9.17) is 28.7 Å². The van der Waals surface area contributed by atoms with E-state index in [0.717, 1.165) is 0 Å². The van der Waals surface area contributed by atoms with Crippen LogP contribution in [0.25, 0.3) is 12.2 Å². The number of benzene rings is 2. The van der Waals surface area contributed by atoms with Crippen LogP contribution in [-0.4, -0.2) is 43.3 Å². The molecule has 3 N–H and O–H groups in total. The minimum Gasteiger partial charge on any atom is -0.504 e. The molecule has 0 atom stereocenters. The van der Waals surface area contributed by atoms with E-state index in [9.17, 15) is 9.67 Å².